The van der Waals surface area contributed by atoms with Gasteiger partial charge in [-0.3, -0.25) is 0 Å². The summed E-state index contributed by atoms with van der Waals surface area (Å²) < 4.78 is 0. The third-order valence-electron chi connectivity index (χ3n) is 14.7. The van der Waals surface area contributed by atoms with Crippen LogP contribution < -0.4 is 31.1 Å². The minimum Gasteiger partial charge on any atom is -0.311 e. The van der Waals surface area contributed by atoms with Crippen LogP contribution in [0.2, 0.25) is 0 Å². The number of benzene rings is 7. The Morgan fingerprint density at radius 1 is 0.453 bits per heavy atom. The Hall–Kier alpha value is -6.00. The Kier molecular flexibility index (Phi) is 9.08. The lowest BCUT2D eigenvalue weighted by Gasteiger charge is -2.46. The van der Waals surface area contributed by atoms with Gasteiger partial charge in [-0.2, -0.15) is 0 Å². The summed E-state index contributed by atoms with van der Waals surface area (Å²) in [6, 6.07) is 56.0. The SMILES string of the molecule is CC1(C)Cc2cccc(N3c4cc(C(C)(C)C)ccc4B4c5cc(N(c6ccccc6)c6ccccc6)c(C(C)(C)C)cc5N(c5cccc6c5CC(C)(C)C6)c5cccc3c54)c2C1. The summed E-state index contributed by atoms with van der Waals surface area (Å²) in [4.78, 5) is 7.86. The number of anilines is 9. The first-order valence-electron chi connectivity index (χ1n) is 23.7. The lowest BCUT2D eigenvalue weighted by molar-refractivity contribution is 0.392. The molecule has 0 saturated carbocycles. The van der Waals surface area contributed by atoms with Crippen molar-refractivity contribution < 1.29 is 0 Å². The van der Waals surface area contributed by atoms with E-state index in [2.05, 4.69) is 230 Å². The molecule has 0 fully saturated rings. The van der Waals surface area contributed by atoms with Gasteiger partial charge in [0.1, 0.15) is 0 Å². The number of fused-ring (bicyclic) bond motifs is 6. The molecule has 2 aliphatic carbocycles. The second kappa shape index (κ2) is 14.3. The molecule has 64 heavy (non-hydrogen) atoms. The van der Waals surface area contributed by atoms with Gasteiger partial charge in [0.2, 0.25) is 0 Å². The number of hydrogen-bond acceptors (Lipinski definition) is 3. The summed E-state index contributed by atoms with van der Waals surface area (Å²) in [5, 5.41) is 0. The molecule has 7 aromatic rings. The van der Waals surface area contributed by atoms with Crippen LogP contribution in [0.4, 0.5) is 51.2 Å². The Morgan fingerprint density at radius 2 is 0.938 bits per heavy atom. The molecule has 320 valence electrons. The quantitative estimate of drug-likeness (QED) is 0.160. The van der Waals surface area contributed by atoms with E-state index in [1.807, 2.05) is 0 Å². The van der Waals surface area contributed by atoms with Gasteiger partial charge in [-0.25, -0.2) is 0 Å². The van der Waals surface area contributed by atoms with Crippen molar-refractivity contribution in [1.29, 1.82) is 0 Å². The van der Waals surface area contributed by atoms with Gasteiger partial charge in [-0.1, -0.05) is 148 Å². The average Bonchev–Trinajstić information content (AvgIpc) is 3.76. The summed E-state index contributed by atoms with van der Waals surface area (Å²) in [7, 11) is 0. The summed E-state index contributed by atoms with van der Waals surface area (Å²) >= 11 is 0. The lowest BCUT2D eigenvalue weighted by Crippen LogP contribution is -2.61. The molecule has 4 heteroatoms. The fraction of sp³-hybridized carbons (Fsp3) is 0.300. The fourth-order valence-corrected chi connectivity index (χ4v) is 11.8. The van der Waals surface area contributed by atoms with Gasteiger partial charge in [-0.15, -0.1) is 0 Å². The number of rotatable bonds is 5. The van der Waals surface area contributed by atoms with Crippen LogP contribution in [0.25, 0.3) is 0 Å². The molecule has 0 radical (unpaired) electrons. The van der Waals surface area contributed by atoms with Crippen LogP contribution in [0.5, 0.6) is 0 Å². The highest BCUT2D eigenvalue weighted by molar-refractivity contribution is 7.00. The van der Waals surface area contributed by atoms with E-state index in [0.717, 1.165) is 37.1 Å². The fourth-order valence-electron chi connectivity index (χ4n) is 11.8. The van der Waals surface area contributed by atoms with Crippen molar-refractivity contribution in [2.45, 2.75) is 106 Å². The third kappa shape index (κ3) is 6.54. The largest absolute Gasteiger partial charge is 0.311 e. The zero-order valence-corrected chi connectivity index (χ0v) is 39.6. The van der Waals surface area contributed by atoms with Gasteiger partial charge in [0.15, 0.2) is 0 Å². The van der Waals surface area contributed by atoms with Gasteiger partial charge in [0, 0.05) is 51.2 Å². The maximum atomic E-state index is 2.69. The first kappa shape index (κ1) is 40.8. The van der Waals surface area contributed by atoms with Crippen molar-refractivity contribution in [2.24, 2.45) is 10.8 Å². The van der Waals surface area contributed by atoms with Gasteiger partial charge in [0.25, 0.3) is 6.71 Å². The minimum atomic E-state index is -0.176. The number of hydrogen-bond donors (Lipinski definition) is 0. The van der Waals surface area contributed by atoms with Gasteiger partial charge in [0.05, 0.1) is 0 Å². The van der Waals surface area contributed by atoms with E-state index < -0.39 is 0 Å². The van der Waals surface area contributed by atoms with E-state index in [1.165, 1.54) is 89.6 Å². The third-order valence-corrected chi connectivity index (χ3v) is 14.7. The maximum absolute atomic E-state index is 2.69. The molecule has 3 nitrogen and oxygen atoms in total. The molecule has 0 saturated heterocycles. The topological polar surface area (TPSA) is 9.72 Å². The van der Waals surface area contributed by atoms with Crippen LogP contribution in [0.15, 0.2) is 146 Å². The standard InChI is InChI=1S/C60H62BN3/c1-57(2,3)41-30-31-47-54(32-41)63(49-26-17-20-39-35-59(7,8)37-44(39)49)51-28-19-29-52-56(51)61(47)48-34-53(62(42-22-13-11-14-23-42)43-24-15-12-16-25-43)46(58(4,5)6)33-55(48)64(52)50-27-18-21-40-36-60(9,10)38-45(40)50/h11-34H,35-38H2,1-10H3. The zero-order chi connectivity index (χ0) is 44.5. The van der Waals surface area contributed by atoms with Crippen molar-refractivity contribution in [3.63, 3.8) is 0 Å². The molecule has 0 spiro atoms. The smallest absolute Gasteiger partial charge is 0.252 e. The van der Waals surface area contributed by atoms with Gasteiger partial charge < -0.3 is 14.7 Å². The van der Waals surface area contributed by atoms with Crippen molar-refractivity contribution in [3.8, 4) is 0 Å². The Bertz CT molecular complexity index is 2930. The van der Waals surface area contributed by atoms with Crippen LogP contribution in [0.3, 0.4) is 0 Å². The Morgan fingerprint density at radius 3 is 1.44 bits per heavy atom. The molecule has 0 N–H and O–H groups in total. The van der Waals surface area contributed by atoms with Crippen LogP contribution >= 0.6 is 0 Å². The van der Waals surface area contributed by atoms with E-state index in [4.69, 9.17) is 0 Å². The summed E-state index contributed by atoms with van der Waals surface area (Å²) in [6.07, 6.45) is 4.31. The van der Waals surface area contributed by atoms with E-state index in [9.17, 15) is 0 Å². The second-order valence-electron chi connectivity index (χ2n) is 22.9. The van der Waals surface area contributed by atoms with Crippen LogP contribution in [0, 0.1) is 10.8 Å². The normalized spacial score (nSPS) is 16.5. The molecule has 4 aliphatic rings. The molecular weight excluding hydrogens is 773 g/mol. The predicted molar refractivity (Wildman–Crippen MR) is 275 cm³/mol. The van der Waals surface area contributed by atoms with Crippen LogP contribution in [-0.2, 0) is 36.5 Å². The molecule has 0 amide bonds. The summed E-state index contributed by atoms with van der Waals surface area (Å²) in [5.74, 6) is 0. The number of nitrogens with zero attached hydrogens (tertiary/aromatic N) is 3. The highest BCUT2D eigenvalue weighted by atomic mass is 15.2. The molecule has 2 heterocycles. The summed E-state index contributed by atoms with van der Waals surface area (Å²) in [6.45, 7) is 24.0. The molecule has 7 aromatic carbocycles. The lowest BCUT2D eigenvalue weighted by atomic mass is 9.33. The van der Waals surface area contributed by atoms with E-state index in [1.54, 1.807) is 0 Å². The predicted octanol–water partition coefficient (Wildman–Crippen LogP) is 14.1. The Labute approximate surface area is 382 Å². The van der Waals surface area contributed by atoms with Crippen LogP contribution in [-0.4, -0.2) is 6.71 Å². The molecule has 0 bridgehead atoms. The highest BCUT2D eigenvalue weighted by Crippen LogP contribution is 2.52. The molecule has 0 unspecified atom stereocenters. The first-order valence-corrected chi connectivity index (χ1v) is 23.7. The van der Waals surface area contributed by atoms with E-state index in [-0.39, 0.29) is 28.4 Å². The van der Waals surface area contributed by atoms with Crippen LogP contribution in [0.1, 0.15) is 103 Å². The van der Waals surface area contributed by atoms with Crippen molar-refractivity contribution in [2.75, 3.05) is 14.7 Å². The maximum Gasteiger partial charge on any atom is 0.252 e. The highest BCUT2D eigenvalue weighted by Gasteiger charge is 2.46. The summed E-state index contributed by atoms with van der Waals surface area (Å²) in [5.41, 5.74) is 24.2. The minimum absolute atomic E-state index is 0.000266. The molecule has 11 rings (SSSR count). The second-order valence-corrected chi connectivity index (χ2v) is 22.9. The van der Waals surface area contributed by atoms with E-state index in [0.29, 0.717) is 0 Å². The van der Waals surface area contributed by atoms with Crippen molar-refractivity contribution >= 4 is 74.3 Å². The van der Waals surface area contributed by atoms with Gasteiger partial charge >= 0.3 is 0 Å². The molecule has 2 aliphatic heterocycles. The van der Waals surface area contributed by atoms with Gasteiger partial charge in [-0.05, 0) is 164 Å². The van der Waals surface area contributed by atoms with Crippen molar-refractivity contribution in [3.05, 3.63) is 179 Å². The average molecular weight is 836 g/mol. The Balaban J connectivity index is 1.26. The van der Waals surface area contributed by atoms with E-state index >= 15 is 0 Å². The number of para-hydroxylation sites is 2. The monoisotopic (exact) mass is 836 g/mol. The molecule has 0 aromatic heterocycles. The first-order chi connectivity index (χ1) is 30.5. The van der Waals surface area contributed by atoms with Crippen molar-refractivity contribution in [1.82, 2.24) is 0 Å². The zero-order valence-electron chi connectivity index (χ0n) is 39.6. The molecular formula is C60H62BN3. The molecule has 0 atom stereocenters.